The highest BCUT2D eigenvalue weighted by Gasteiger charge is 2.19. The van der Waals surface area contributed by atoms with Gasteiger partial charge in [0.25, 0.3) is 0 Å². The van der Waals surface area contributed by atoms with Gasteiger partial charge in [-0.05, 0) is 37.1 Å². The van der Waals surface area contributed by atoms with E-state index in [1.54, 1.807) is 0 Å². The van der Waals surface area contributed by atoms with E-state index in [4.69, 9.17) is 4.42 Å². The van der Waals surface area contributed by atoms with Gasteiger partial charge in [-0.25, -0.2) is 0 Å². The predicted octanol–water partition coefficient (Wildman–Crippen LogP) is 2.46. The molecular weight excluding hydrogens is 322 g/mol. The fourth-order valence-electron chi connectivity index (χ4n) is 2.30. The molecule has 1 fully saturated rings. The first-order valence-corrected chi connectivity index (χ1v) is 7.49. The first kappa shape index (κ1) is 13.7. The van der Waals surface area contributed by atoms with Gasteiger partial charge in [-0.15, -0.1) is 10.2 Å². The van der Waals surface area contributed by atoms with E-state index in [2.05, 4.69) is 31.0 Å². The number of piperidine rings is 1. The Balaban J connectivity index is 1.66. The van der Waals surface area contributed by atoms with Crippen LogP contribution in [0.2, 0.25) is 0 Å². The van der Waals surface area contributed by atoms with E-state index in [9.17, 15) is 5.11 Å². The van der Waals surface area contributed by atoms with Crippen molar-refractivity contribution in [3.05, 3.63) is 34.6 Å². The molecule has 0 radical (unpaired) electrons. The highest BCUT2D eigenvalue weighted by Crippen LogP contribution is 2.21. The van der Waals surface area contributed by atoms with Crippen molar-refractivity contribution in [1.82, 2.24) is 15.1 Å². The first-order valence-electron chi connectivity index (χ1n) is 6.69. The van der Waals surface area contributed by atoms with Crippen LogP contribution in [0.1, 0.15) is 18.7 Å². The lowest BCUT2D eigenvalue weighted by Crippen LogP contribution is -2.35. The molecule has 2 aromatic rings. The van der Waals surface area contributed by atoms with Crippen LogP contribution >= 0.6 is 15.9 Å². The van der Waals surface area contributed by atoms with Crippen LogP contribution in [0.25, 0.3) is 11.5 Å². The van der Waals surface area contributed by atoms with Gasteiger partial charge in [0.2, 0.25) is 11.8 Å². The third-order valence-electron chi connectivity index (χ3n) is 3.47. The Morgan fingerprint density at radius 2 is 1.90 bits per heavy atom. The van der Waals surface area contributed by atoms with E-state index >= 15 is 0 Å². The van der Waals surface area contributed by atoms with Crippen molar-refractivity contribution in [2.24, 2.45) is 0 Å². The molecule has 5 nitrogen and oxygen atoms in total. The molecule has 106 valence electrons. The van der Waals surface area contributed by atoms with E-state index < -0.39 is 0 Å². The molecule has 20 heavy (non-hydrogen) atoms. The van der Waals surface area contributed by atoms with Gasteiger partial charge in [-0.3, -0.25) is 4.90 Å². The van der Waals surface area contributed by atoms with Crippen LogP contribution < -0.4 is 0 Å². The van der Waals surface area contributed by atoms with Gasteiger partial charge in [-0.1, -0.05) is 15.9 Å². The number of aliphatic hydroxyl groups is 1. The van der Waals surface area contributed by atoms with Crippen molar-refractivity contribution in [1.29, 1.82) is 0 Å². The number of nitrogens with zero attached hydrogens (tertiary/aromatic N) is 3. The summed E-state index contributed by atoms with van der Waals surface area (Å²) >= 11 is 3.40. The van der Waals surface area contributed by atoms with Gasteiger partial charge in [0, 0.05) is 23.1 Å². The molecule has 3 rings (SSSR count). The van der Waals surface area contributed by atoms with E-state index in [-0.39, 0.29) is 6.10 Å². The number of rotatable bonds is 3. The number of hydrogen-bond donors (Lipinski definition) is 1. The molecule has 0 atom stereocenters. The quantitative estimate of drug-likeness (QED) is 0.932. The number of likely N-dealkylation sites (tertiary alicyclic amines) is 1. The zero-order valence-corrected chi connectivity index (χ0v) is 12.6. The predicted molar refractivity (Wildman–Crippen MR) is 78.0 cm³/mol. The number of hydrogen-bond acceptors (Lipinski definition) is 5. The van der Waals surface area contributed by atoms with Gasteiger partial charge in [0.15, 0.2) is 0 Å². The summed E-state index contributed by atoms with van der Waals surface area (Å²) in [7, 11) is 0. The average Bonchev–Trinajstić information content (AvgIpc) is 2.91. The molecule has 1 aliphatic heterocycles. The van der Waals surface area contributed by atoms with Crippen molar-refractivity contribution < 1.29 is 9.52 Å². The summed E-state index contributed by atoms with van der Waals surface area (Å²) in [4.78, 5) is 2.23. The Kier molecular flexibility index (Phi) is 4.14. The normalized spacial score (nSPS) is 17.5. The highest BCUT2D eigenvalue weighted by atomic mass is 79.9. The summed E-state index contributed by atoms with van der Waals surface area (Å²) < 4.78 is 6.72. The maximum absolute atomic E-state index is 9.49. The Hall–Kier alpha value is -1.24. The van der Waals surface area contributed by atoms with Crippen LogP contribution in [0, 0.1) is 0 Å². The molecule has 0 saturated carbocycles. The summed E-state index contributed by atoms with van der Waals surface area (Å²) in [6, 6.07) is 7.79. The highest BCUT2D eigenvalue weighted by molar-refractivity contribution is 9.10. The fraction of sp³-hybridized carbons (Fsp3) is 0.429. The summed E-state index contributed by atoms with van der Waals surface area (Å²) in [6.07, 6.45) is 1.47. The largest absolute Gasteiger partial charge is 0.419 e. The molecule has 1 saturated heterocycles. The molecule has 0 amide bonds. The topological polar surface area (TPSA) is 62.4 Å². The van der Waals surface area contributed by atoms with Crippen LogP contribution in [-0.2, 0) is 6.54 Å². The zero-order valence-electron chi connectivity index (χ0n) is 11.0. The van der Waals surface area contributed by atoms with Crippen LogP contribution in [0.3, 0.4) is 0 Å². The Morgan fingerprint density at radius 1 is 1.20 bits per heavy atom. The van der Waals surface area contributed by atoms with E-state index in [1.807, 2.05) is 24.3 Å². The van der Waals surface area contributed by atoms with E-state index in [0.717, 1.165) is 36.0 Å². The van der Waals surface area contributed by atoms with E-state index in [1.165, 1.54) is 0 Å². The molecule has 1 N–H and O–H groups in total. The monoisotopic (exact) mass is 337 g/mol. The van der Waals surface area contributed by atoms with Gasteiger partial charge in [-0.2, -0.15) is 0 Å². The Labute approximate surface area is 125 Å². The van der Waals surface area contributed by atoms with Gasteiger partial charge < -0.3 is 9.52 Å². The third-order valence-corrected chi connectivity index (χ3v) is 4.00. The van der Waals surface area contributed by atoms with Crippen LogP contribution in [0.4, 0.5) is 0 Å². The third kappa shape index (κ3) is 3.26. The van der Waals surface area contributed by atoms with Crippen molar-refractivity contribution in [3.63, 3.8) is 0 Å². The maximum Gasteiger partial charge on any atom is 0.247 e. The van der Waals surface area contributed by atoms with Crippen LogP contribution in [-0.4, -0.2) is 39.4 Å². The molecule has 0 aliphatic carbocycles. The standard InChI is InChI=1S/C14H16BrN3O2/c15-11-3-1-10(2-4-11)14-17-16-13(20-14)9-18-7-5-12(19)6-8-18/h1-4,12,19H,5-9H2. The average molecular weight is 338 g/mol. The van der Waals surface area contributed by atoms with Crippen molar-refractivity contribution in [2.75, 3.05) is 13.1 Å². The second-order valence-electron chi connectivity index (χ2n) is 5.02. The second kappa shape index (κ2) is 6.03. The Bertz CT molecular complexity index is 562. The molecule has 0 unspecified atom stereocenters. The van der Waals surface area contributed by atoms with Crippen molar-refractivity contribution in [2.45, 2.75) is 25.5 Å². The molecule has 2 heterocycles. The minimum atomic E-state index is -0.160. The molecule has 0 bridgehead atoms. The molecule has 1 aromatic heterocycles. The summed E-state index contributed by atoms with van der Waals surface area (Å²) in [5, 5.41) is 17.7. The lowest BCUT2D eigenvalue weighted by molar-refractivity contribution is 0.0752. The summed E-state index contributed by atoms with van der Waals surface area (Å²) in [6.45, 7) is 2.39. The SMILES string of the molecule is OC1CCN(Cc2nnc(-c3ccc(Br)cc3)o2)CC1. The number of benzene rings is 1. The molecule has 1 aromatic carbocycles. The number of aliphatic hydroxyl groups excluding tert-OH is 1. The minimum absolute atomic E-state index is 0.160. The van der Waals surface area contributed by atoms with Crippen molar-refractivity contribution in [3.8, 4) is 11.5 Å². The lowest BCUT2D eigenvalue weighted by atomic mass is 10.1. The van der Waals surface area contributed by atoms with E-state index in [0.29, 0.717) is 18.3 Å². The molecule has 1 aliphatic rings. The van der Waals surface area contributed by atoms with Gasteiger partial charge in [0.05, 0.1) is 12.6 Å². The smallest absolute Gasteiger partial charge is 0.247 e. The van der Waals surface area contributed by atoms with Crippen LogP contribution in [0.5, 0.6) is 0 Å². The van der Waals surface area contributed by atoms with Gasteiger partial charge in [0.1, 0.15) is 0 Å². The molecule has 0 spiro atoms. The zero-order chi connectivity index (χ0) is 13.9. The van der Waals surface area contributed by atoms with Crippen molar-refractivity contribution >= 4 is 15.9 Å². The summed E-state index contributed by atoms with van der Waals surface area (Å²) in [5.41, 5.74) is 0.918. The first-order chi connectivity index (χ1) is 9.70. The Morgan fingerprint density at radius 3 is 2.60 bits per heavy atom. The maximum atomic E-state index is 9.49. The molecular formula is C14H16BrN3O2. The second-order valence-corrected chi connectivity index (χ2v) is 5.93. The number of aromatic nitrogens is 2. The lowest BCUT2D eigenvalue weighted by Gasteiger charge is -2.27. The van der Waals surface area contributed by atoms with Gasteiger partial charge >= 0.3 is 0 Å². The molecule has 6 heteroatoms. The fourth-order valence-corrected chi connectivity index (χ4v) is 2.56. The minimum Gasteiger partial charge on any atom is -0.419 e. The number of halogens is 1. The summed E-state index contributed by atoms with van der Waals surface area (Å²) in [5.74, 6) is 1.17. The van der Waals surface area contributed by atoms with Crippen LogP contribution in [0.15, 0.2) is 33.2 Å².